The highest BCUT2D eigenvalue weighted by Gasteiger charge is 2.10. The fourth-order valence-corrected chi connectivity index (χ4v) is 2.01. The Labute approximate surface area is 108 Å². The molecule has 1 aliphatic heterocycles. The van der Waals surface area contributed by atoms with Gasteiger partial charge in [-0.15, -0.1) is 0 Å². The molecule has 0 saturated heterocycles. The third kappa shape index (κ3) is 3.65. The summed E-state index contributed by atoms with van der Waals surface area (Å²) in [5.41, 5.74) is 2.46. The van der Waals surface area contributed by atoms with E-state index in [0.717, 1.165) is 24.8 Å². The summed E-state index contributed by atoms with van der Waals surface area (Å²) >= 11 is 0. The number of nitrogens with one attached hydrogen (secondary N) is 2. The molecule has 1 atom stereocenters. The van der Waals surface area contributed by atoms with Crippen molar-refractivity contribution in [3.8, 4) is 5.75 Å². The fraction of sp³-hybridized carbons (Fsp3) is 0.500. The van der Waals surface area contributed by atoms with E-state index in [1.807, 2.05) is 0 Å². The number of aliphatic imine (C=N–C) groups is 1. The highest BCUT2D eigenvalue weighted by atomic mass is 16.5. The first-order valence-electron chi connectivity index (χ1n) is 6.39. The Hall–Kier alpha value is -1.71. The summed E-state index contributed by atoms with van der Waals surface area (Å²) in [6.07, 6.45) is 0. The van der Waals surface area contributed by atoms with Crippen molar-refractivity contribution in [1.82, 2.24) is 10.6 Å². The van der Waals surface area contributed by atoms with Crippen molar-refractivity contribution < 1.29 is 4.74 Å². The molecule has 2 N–H and O–H groups in total. The van der Waals surface area contributed by atoms with Crippen LogP contribution in [0, 0.1) is 13.8 Å². The Morgan fingerprint density at radius 3 is 2.67 bits per heavy atom. The van der Waals surface area contributed by atoms with Gasteiger partial charge in [-0.2, -0.15) is 0 Å². The van der Waals surface area contributed by atoms with Crippen molar-refractivity contribution in [3.05, 3.63) is 29.3 Å². The zero-order valence-corrected chi connectivity index (χ0v) is 11.3. The van der Waals surface area contributed by atoms with E-state index in [1.165, 1.54) is 11.1 Å². The molecule has 4 heteroatoms. The molecule has 0 aliphatic carbocycles. The van der Waals surface area contributed by atoms with Gasteiger partial charge in [0.1, 0.15) is 12.4 Å². The standard InChI is InChI=1S/C14H21N3O/c1-10-6-11(2)8-13(7-10)18-5-4-15-14-16-9-12(3)17-14/h6-8,12H,4-5,9H2,1-3H3,(H2,15,16,17). The predicted molar refractivity (Wildman–Crippen MR) is 74.3 cm³/mol. The van der Waals surface area contributed by atoms with Crippen LogP contribution in [-0.4, -0.2) is 31.7 Å². The van der Waals surface area contributed by atoms with E-state index in [9.17, 15) is 0 Å². The summed E-state index contributed by atoms with van der Waals surface area (Å²) in [6, 6.07) is 6.69. The normalized spacial score (nSPS) is 18.2. The van der Waals surface area contributed by atoms with Crippen LogP contribution in [0.3, 0.4) is 0 Å². The van der Waals surface area contributed by atoms with Crippen molar-refractivity contribution in [2.75, 3.05) is 19.7 Å². The Bertz CT molecular complexity index is 422. The zero-order chi connectivity index (χ0) is 13.0. The lowest BCUT2D eigenvalue weighted by atomic mass is 10.1. The van der Waals surface area contributed by atoms with Gasteiger partial charge in [0, 0.05) is 6.04 Å². The van der Waals surface area contributed by atoms with Crippen LogP contribution >= 0.6 is 0 Å². The number of nitrogens with zero attached hydrogens (tertiary/aromatic N) is 1. The molecule has 1 aromatic rings. The maximum atomic E-state index is 5.71. The minimum absolute atomic E-state index is 0.438. The van der Waals surface area contributed by atoms with Gasteiger partial charge in [-0.25, -0.2) is 0 Å². The molecule has 1 unspecified atom stereocenters. The first kappa shape index (κ1) is 12.7. The van der Waals surface area contributed by atoms with E-state index in [-0.39, 0.29) is 0 Å². The van der Waals surface area contributed by atoms with Crippen molar-refractivity contribution in [2.24, 2.45) is 4.99 Å². The number of rotatable bonds is 4. The molecule has 0 saturated carbocycles. The second-order valence-corrected chi connectivity index (χ2v) is 4.83. The molecule has 2 rings (SSSR count). The zero-order valence-electron chi connectivity index (χ0n) is 11.3. The number of aryl methyl sites for hydroxylation is 2. The third-order valence-corrected chi connectivity index (χ3v) is 2.76. The van der Waals surface area contributed by atoms with Crippen molar-refractivity contribution >= 4 is 5.96 Å². The Balaban J connectivity index is 1.72. The summed E-state index contributed by atoms with van der Waals surface area (Å²) in [6.45, 7) is 8.52. The van der Waals surface area contributed by atoms with Crippen LogP contribution in [0.4, 0.5) is 0 Å². The Morgan fingerprint density at radius 2 is 2.06 bits per heavy atom. The van der Waals surface area contributed by atoms with Crippen molar-refractivity contribution in [3.63, 3.8) is 0 Å². The van der Waals surface area contributed by atoms with Gasteiger partial charge in [-0.3, -0.25) is 4.99 Å². The number of hydrogen-bond donors (Lipinski definition) is 2. The van der Waals surface area contributed by atoms with Gasteiger partial charge in [0.25, 0.3) is 0 Å². The van der Waals surface area contributed by atoms with E-state index in [0.29, 0.717) is 12.6 Å². The first-order valence-corrected chi connectivity index (χ1v) is 6.39. The van der Waals surface area contributed by atoms with Gasteiger partial charge in [0.2, 0.25) is 0 Å². The van der Waals surface area contributed by atoms with E-state index in [1.54, 1.807) is 0 Å². The topological polar surface area (TPSA) is 45.6 Å². The maximum Gasteiger partial charge on any atom is 0.191 e. The summed E-state index contributed by atoms with van der Waals surface area (Å²) in [4.78, 5) is 4.33. The van der Waals surface area contributed by atoms with Gasteiger partial charge < -0.3 is 15.4 Å². The molecule has 98 valence electrons. The smallest absolute Gasteiger partial charge is 0.191 e. The highest BCUT2D eigenvalue weighted by Crippen LogP contribution is 2.15. The minimum Gasteiger partial charge on any atom is -0.492 e. The molecule has 0 radical (unpaired) electrons. The summed E-state index contributed by atoms with van der Waals surface area (Å²) in [5, 5.41) is 6.48. The van der Waals surface area contributed by atoms with E-state index >= 15 is 0 Å². The molecule has 0 amide bonds. The number of ether oxygens (including phenoxy) is 1. The lowest BCUT2D eigenvalue weighted by Crippen LogP contribution is -2.39. The lowest BCUT2D eigenvalue weighted by Gasteiger charge is -2.11. The summed E-state index contributed by atoms with van der Waals surface area (Å²) in [7, 11) is 0. The Kier molecular flexibility index (Phi) is 4.07. The molecule has 18 heavy (non-hydrogen) atoms. The van der Waals surface area contributed by atoms with Crippen LogP contribution in [0.5, 0.6) is 5.75 Å². The predicted octanol–water partition coefficient (Wildman–Crippen LogP) is 1.62. The largest absolute Gasteiger partial charge is 0.492 e. The maximum absolute atomic E-state index is 5.71. The monoisotopic (exact) mass is 247 g/mol. The molecule has 1 aromatic carbocycles. The van der Waals surface area contributed by atoms with Gasteiger partial charge in [0.15, 0.2) is 5.96 Å². The van der Waals surface area contributed by atoms with Crippen LogP contribution in [0.2, 0.25) is 0 Å². The van der Waals surface area contributed by atoms with E-state index < -0.39 is 0 Å². The number of hydrogen-bond acceptors (Lipinski definition) is 4. The van der Waals surface area contributed by atoms with E-state index in [4.69, 9.17) is 4.74 Å². The number of benzene rings is 1. The lowest BCUT2D eigenvalue weighted by molar-refractivity contribution is 0.321. The van der Waals surface area contributed by atoms with Crippen LogP contribution in [0.25, 0.3) is 0 Å². The van der Waals surface area contributed by atoms with Crippen LogP contribution in [0.15, 0.2) is 23.2 Å². The van der Waals surface area contributed by atoms with Gasteiger partial charge >= 0.3 is 0 Å². The molecular formula is C14H21N3O. The molecular weight excluding hydrogens is 226 g/mol. The fourth-order valence-electron chi connectivity index (χ4n) is 2.01. The summed E-state index contributed by atoms with van der Waals surface area (Å²) < 4.78 is 5.71. The second kappa shape index (κ2) is 5.76. The average molecular weight is 247 g/mol. The molecule has 4 nitrogen and oxygen atoms in total. The van der Waals surface area contributed by atoms with Crippen molar-refractivity contribution in [2.45, 2.75) is 26.8 Å². The van der Waals surface area contributed by atoms with Crippen LogP contribution in [-0.2, 0) is 0 Å². The number of guanidine groups is 1. The van der Waals surface area contributed by atoms with Crippen LogP contribution in [0.1, 0.15) is 18.1 Å². The minimum atomic E-state index is 0.438. The van der Waals surface area contributed by atoms with Crippen LogP contribution < -0.4 is 15.4 Å². The quantitative estimate of drug-likeness (QED) is 0.795. The van der Waals surface area contributed by atoms with Gasteiger partial charge in [-0.05, 0) is 44.0 Å². The van der Waals surface area contributed by atoms with Gasteiger partial charge in [0.05, 0.1) is 13.1 Å². The summed E-state index contributed by atoms with van der Waals surface area (Å²) in [5.74, 6) is 1.82. The second-order valence-electron chi connectivity index (χ2n) is 4.83. The highest BCUT2D eigenvalue weighted by molar-refractivity contribution is 5.81. The first-order chi connectivity index (χ1) is 8.63. The molecule has 1 aliphatic rings. The molecule has 1 heterocycles. The Morgan fingerprint density at radius 1 is 1.33 bits per heavy atom. The molecule has 0 spiro atoms. The SMILES string of the molecule is Cc1cc(C)cc(OCCNC2=NCC(C)N2)c1. The third-order valence-electron chi connectivity index (χ3n) is 2.76. The molecule has 0 aromatic heterocycles. The van der Waals surface area contributed by atoms with Gasteiger partial charge in [-0.1, -0.05) is 6.07 Å². The molecule has 0 bridgehead atoms. The van der Waals surface area contributed by atoms with E-state index in [2.05, 4.69) is 54.6 Å². The average Bonchev–Trinajstić information content (AvgIpc) is 2.69. The van der Waals surface area contributed by atoms with Crippen molar-refractivity contribution in [1.29, 1.82) is 0 Å². The molecule has 0 fully saturated rings.